The zero-order valence-corrected chi connectivity index (χ0v) is 12.5. The third-order valence-electron chi connectivity index (χ3n) is 3.71. The van der Waals surface area contributed by atoms with Crippen LogP contribution in [-0.2, 0) is 6.54 Å². The first-order valence-electron chi connectivity index (χ1n) is 7.18. The number of hydrogen-bond donors (Lipinski definition) is 2. The lowest BCUT2D eigenvalue weighted by atomic mass is 10.2. The molecular formula is C14H26N6. The summed E-state index contributed by atoms with van der Waals surface area (Å²) < 4.78 is 0. The van der Waals surface area contributed by atoms with Crippen molar-refractivity contribution in [3.63, 3.8) is 0 Å². The molecule has 20 heavy (non-hydrogen) atoms. The van der Waals surface area contributed by atoms with Gasteiger partial charge in [-0.1, -0.05) is 0 Å². The van der Waals surface area contributed by atoms with Crippen LogP contribution in [0.5, 0.6) is 0 Å². The highest BCUT2D eigenvalue weighted by Crippen LogP contribution is 2.11. The molecule has 0 aromatic carbocycles. The first-order valence-corrected chi connectivity index (χ1v) is 7.18. The predicted octanol–water partition coefficient (Wildman–Crippen LogP) is 0.0464. The number of nitrogen functional groups attached to an aromatic ring is 1. The average Bonchev–Trinajstić information content (AvgIpc) is 2.47. The molecule has 6 heteroatoms. The highest BCUT2D eigenvalue weighted by molar-refractivity contribution is 5.35. The van der Waals surface area contributed by atoms with Crippen LogP contribution in [-0.4, -0.2) is 73.0 Å². The molecule has 0 saturated carbocycles. The van der Waals surface area contributed by atoms with Crippen molar-refractivity contribution in [1.82, 2.24) is 19.7 Å². The fourth-order valence-corrected chi connectivity index (χ4v) is 2.42. The average molecular weight is 278 g/mol. The van der Waals surface area contributed by atoms with Gasteiger partial charge >= 0.3 is 0 Å². The number of hydrazine groups is 1. The van der Waals surface area contributed by atoms with Gasteiger partial charge in [0.25, 0.3) is 0 Å². The largest absolute Gasteiger partial charge is 0.308 e. The maximum atomic E-state index is 5.39. The summed E-state index contributed by atoms with van der Waals surface area (Å²) in [6, 6.07) is 4.07. The van der Waals surface area contributed by atoms with Crippen molar-refractivity contribution >= 4 is 5.82 Å². The van der Waals surface area contributed by atoms with Crippen LogP contribution in [0.25, 0.3) is 0 Å². The Morgan fingerprint density at radius 3 is 2.60 bits per heavy atom. The molecule has 0 bridgehead atoms. The van der Waals surface area contributed by atoms with E-state index in [1.807, 2.05) is 6.07 Å². The van der Waals surface area contributed by atoms with Crippen molar-refractivity contribution in [1.29, 1.82) is 0 Å². The zero-order valence-electron chi connectivity index (χ0n) is 12.5. The highest BCUT2D eigenvalue weighted by Gasteiger charge is 2.16. The molecule has 1 saturated heterocycles. The second kappa shape index (κ2) is 7.54. The minimum Gasteiger partial charge on any atom is -0.308 e. The number of nitrogens with one attached hydrogen (secondary N) is 1. The summed E-state index contributed by atoms with van der Waals surface area (Å²) in [6.45, 7) is 7.83. The van der Waals surface area contributed by atoms with E-state index in [0.717, 1.165) is 51.6 Å². The fourth-order valence-electron chi connectivity index (χ4n) is 2.42. The second-order valence-electron chi connectivity index (χ2n) is 5.61. The Balaban J connectivity index is 1.76. The Morgan fingerprint density at radius 1 is 1.25 bits per heavy atom. The highest BCUT2D eigenvalue weighted by atomic mass is 15.3. The molecule has 3 N–H and O–H groups in total. The molecule has 0 amide bonds. The normalized spacial score (nSPS) is 17.6. The van der Waals surface area contributed by atoms with E-state index in [4.69, 9.17) is 5.84 Å². The van der Waals surface area contributed by atoms with Crippen LogP contribution in [0.3, 0.4) is 0 Å². The summed E-state index contributed by atoms with van der Waals surface area (Å²) in [7, 11) is 4.26. The number of likely N-dealkylation sites (N-methyl/N-ethyl adjacent to an activating group) is 1. The summed E-state index contributed by atoms with van der Waals surface area (Å²) in [5.41, 5.74) is 3.86. The van der Waals surface area contributed by atoms with E-state index in [0.29, 0.717) is 0 Å². The lowest BCUT2D eigenvalue weighted by Crippen LogP contribution is -2.47. The minimum absolute atomic E-state index is 0.729. The molecular weight excluding hydrogens is 252 g/mol. The van der Waals surface area contributed by atoms with Gasteiger partial charge in [-0.25, -0.2) is 10.8 Å². The molecule has 0 atom stereocenters. The van der Waals surface area contributed by atoms with Crippen LogP contribution in [0, 0.1) is 0 Å². The van der Waals surface area contributed by atoms with E-state index in [2.05, 4.69) is 45.3 Å². The fraction of sp³-hybridized carbons (Fsp3) is 0.643. The molecule has 1 aromatic heterocycles. The van der Waals surface area contributed by atoms with Crippen molar-refractivity contribution in [2.75, 3.05) is 58.8 Å². The molecule has 2 heterocycles. The summed E-state index contributed by atoms with van der Waals surface area (Å²) >= 11 is 0. The Kier molecular flexibility index (Phi) is 5.72. The van der Waals surface area contributed by atoms with Gasteiger partial charge in [-0.2, -0.15) is 0 Å². The molecule has 6 nitrogen and oxygen atoms in total. The standard InChI is InChI=1S/C14H26N6/c1-18(2)5-6-19-7-9-20(10-8-19)12-13-3-4-16-14(11-13)17-15/h3-4,11H,5-10,12,15H2,1-2H3,(H,16,17). The van der Waals surface area contributed by atoms with Crippen molar-refractivity contribution in [2.45, 2.75) is 6.54 Å². The molecule has 0 aliphatic carbocycles. The van der Waals surface area contributed by atoms with Crippen LogP contribution >= 0.6 is 0 Å². The molecule has 1 aromatic rings. The van der Waals surface area contributed by atoms with Crippen LogP contribution in [0.4, 0.5) is 5.82 Å². The molecule has 112 valence electrons. The van der Waals surface area contributed by atoms with Gasteiger partial charge in [0.05, 0.1) is 0 Å². The van der Waals surface area contributed by atoms with Crippen LogP contribution in [0.15, 0.2) is 18.3 Å². The van der Waals surface area contributed by atoms with Gasteiger partial charge in [0.15, 0.2) is 0 Å². The van der Waals surface area contributed by atoms with Crippen LogP contribution in [0.2, 0.25) is 0 Å². The number of hydrogen-bond acceptors (Lipinski definition) is 6. The number of nitrogens with zero attached hydrogens (tertiary/aromatic N) is 4. The number of nitrogens with two attached hydrogens (primary N) is 1. The van der Waals surface area contributed by atoms with Crippen molar-refractivity contribution in [2.24, 2.45) is 5.84 Å². The number of anilines is 1. The van der Waals surface area contributed by atoms with E-state index in [1.54, 1.807) is 6.20 Å². The number of pyridine rings is 1. The molecule has 1 aliphatic rings. The Bertz CT molecular complexity index is 400. The van der Waals surface area contributed by atoms with E-state index < -0.39 is 0 Å². The van der Waals surface area contributed by atoms with Crippen molar-refractivity contribution in [3.05, 3.63) is 23.9 Å². The third-order valence-corrected chi connectivity index (χ3v) is 3.71. The van der Waals surface area contributed by atoms with E-state index >= 15 is 0 Å². The Hall–Kier alpha value is -1.21. The van der Waals surface area contributed by atoms with Gasteiger partial charge in [0.1, 0.15) is 5.82 Å². The van der Waals surface area contributed by atoms with Crippen LogP contribution in [0.1, 0.15) is 5.56 Å². The molecule has 0 radical (unpaired) electrons. The third kappa shape index (κ3) is 4.72. The van der Waals surface area contributed by atoms with Gasteiger partial charge in [-0.05, 0) is 31.8 Å². The predicted molar refractivity (Wildman–Crippen MR) is 82.3 cm³/mol. The topological polar surface area (TPSA) is 60.7 Å². The number of piperazine rings is 1. The Labute approximate surface area is 121 Å². The molecule has 0 unspecified atom stereocenters. The summed E-state index contributed by atoms with van der Waals surface area (Å²) in [5.74, 6) is 6.12. The molecule has 2 rings (SSSR count). The molecule has 1 aliphatic heterocycles. The lowest BCUT2D eigenvalue weighted by Gasteiger charge is -2.35. The van der Waals surface area contributed by atoms with E-state index in [-0.39, 0.29) is 0 Å². The van der Waals surface area contributed by atoms with Gasteiger partial charge in [0.2, 0.25) is 0 Å². The van der Waals surface area contributed by atoms with E-state index in [9.17, 15) is 0 Å². The lowest BCUT2D eigenvalue weighted by molar-refractivity contribution is 0.120. The Morgan fingerprint density at radius 2 is 1.95 bits per heavy atom. The minimum atomic E-state index is 0.729. The van der Waals surface area contributed by atoms with Crippen molar-refractivity contribution in [3.8, 4) is 0 Å². The summed E-state index contributed by atoms with van der Waals surface area (Å²) in [4.78, 5) is 11.4. The van der Waals surface area contributed by atoms with Gasteiger partial charge in [0, 0.05) is 52.0 Å². The van der Waals surface area contributed by atoms with E-state index in [1.165, 1.54) is 5.56 Å². The van der Waals surface area contributed by atoms with Gasteiger partial charge in [-0.15, -0.1) is 0 Å². The second-order valence-corrected chi connectivity index (χ2v) is 5.61. The number of rotatable bonds is 6. The first kappa shape index (κ1) is 15.2. The summed E-state index contributed by atoms with van der Waals surface area (Å²) in [6.07, 6.45) is 1.80. The van der Waals surface area contributed by atoms with Crippen molar-refractivity contribution < 1.29 is 0 Å². The van der Waals surface area contributed by atoms with Crippen LogP contribution < -0.4 is 11.3 Å². The molecule has 0 spiro atoms. The molecule has 1 fully saturated rings. The smallest absolute Gasteiger partial charge is 0.140 e. The van der Waals surface area contributed by atoms with Gasteiger partial charge < -0.3 is 10.3 Å². The SMILES string of the molecule is CN(C)CCN1CCN(Cc2ccnc(NN)c2)CC1. The first-order chi connectivity index (χ1) is 9.67. The quantitative estimate of drug-likeness (QED) is 0.566. The summed E-state index contributed by atoms with van der Waals surface area (Å²) in [5, 5.41) is 0. The zero-order chi connectivity index (χ0) is 14.4. The van der Waals surface area contributed by atoms with Gasteiger partial charge in [-0.3, -0.25) is 9.80 Å². The maximum absolute atomic E-state index is 5.39. The maximum Gasteiger partial charge on any atom is 0.140 e. The monoisotopic (exact) mass is 278 g/mol. The number of aromatic nitrogens is 1.